The Balaban J connectivity index is 1.25. The summed E-state index contributed by atoms with van der Waals surface area (Å²) in [5, 5.41) is 21.2. The first-order valence-corrected chi connectivity index (χ1v) is 12.7. The molecular weight excluding hydrogens is 521 g/mol. The lowest BCUT2D eigenvalue weighted by molar-refractivity contribution is 0.102. The van der Waals surface area contributed by atoms with Gasteiger partial charge in [-0.3, -0.25) is 19.9 Å². The van der Waals surface area contributed by atoms with Crippen LogP contribution in [0, 0.1) is 5.82 Å². The van der Waals surface area contributed by atoms with Crippen molar-refractivity contribution in [2.24, 2.45) is 0 Å². The molecule has 4 N–H and O–H groups in total. The van der Waals surface area contributed by atoms with Crippen molar-refractivity contribution in [2.45, 2.75) is 0 Å². The second-order valence-electron chi connectivity index (χ2n) is 9.45. The van der Waals surface area contributed by atoms with Gasteiger partial charge in [0.2, 0.25) is 0 Å². The molecular formula is C31H20FN7O2. The van der Waals surface area contributed by atoms with E-state index in [9.17, 15) is 14.3 Å². The Labute approximate surface area is 231 Å². The molecule has 0 aliphatic rings. The SMILES string of the molecule is O=C(Nc1cncc(-c2ccc3[nH]nc(-c4nc5c(-c6cc(O)cc(F)c6)nccc5[nH]4)c3c2)c1)c1ccccc1. The number of aromatic nitrogens is 6. The number of amides is 1. The molecule has 0 spiro atoms. The van der Waals surface area contributed by atoms with E-state index in [1.54, 1.807) is 36.8 Å². The normalized spacial score (nSPS) is 11.2. The third-order valence-corrected chi connectivity index (χ3v) is 6.71. The molecule has 9 nitrogen and oxygen atoms in total. The Morgan fingerprint density at radius 2 is 1.73 bits per heavy atom. The Hall–Kier alpha value is -5.90. The van der Waals surface area contributed by atoms with E-state index < -0.39 is 5.82 Å². The first kappa shape index (κ1) is 24.2. The molecule has 0 atom stereocenters. The van der Waals surface area contributed by atoms with Gasteiger partial charge >= 0.3 is 0 Å². The number of carbonyl (C=O) groups excluding carboxylic acids is 1. The second kappa shape index (κ2) is 9.69. The second-order valence-corrected chi connectivity index (χ2v) is 9.45. The van der Waals surface area contributed by atoms with Crippen molar-refractivity contribution in [3.8, 4) is 39.7 Å². The van der Waals surface area contributed by atoms with Crippen molar-refractivity contribution >= 4 is 33.5 Å². The summed E-state index contributed by atoms with van der Waals surface area (Å²) in [5.74, 6) is -0.484. The Kier molecular flexibility index (Phi) is 5.71. The van der Waals surface area contributed by atoms with Crippen LogP contribution in [0.15, 0.2) is 97.5 Å². The molecule has 0 saturated heterocycles. The van der Waals surface area contributed by atoms with Gasteiger partial charge in [-0.05, 0) is 54.1 Å². The molecule has 0 aliphatic heterocycles. The number of hydrogen-bond donors (Lipinski definition) is 4. The number of benzene rings is 3. The van der Waals surface area contributed by atoms with Gasteiger partial charge in [-0.25, -0.2) is 9.37 Å². The number of nitrogens with zero attached hydrogens (tertiary/aromatic N) is 4. The van der Waals surface area contributed by atoms with Crippen LogP contribution in [-0.2, 0) is 0 Å². The van der Waals surface area contributed by atoms with Crippen LogP contribution >= 0.6 is 0 Å². The molecule has 1 amide bonds. The highest BCUT2D eigenvalue weighted by Gasteiger charge is 2.17. The molecule has 0 unspecified atom stereocenters. The molecule has 41 heavy (non-hydrogen) atoms. The largest absolute Gasteiger partial charge is 0.508 e. The van der Waals surface area contributed by atoms with Gasteiger partial charge in [-0.2, -0.15) is 5.10 Å². The minimum atomic E-state index is -0.571. The lowest BCUT2D eigenvalue weighted by Crippen LogP contribution is -2.11. The van der Waals surface area contributed by atoms with Gasteiger partial charge in [0.25, 0.3) is 5.91 Å². The van der Waals surface area contributed by atoms with Crippen molar-refractivity contribution in [2.75, 3.05) is 5.32 Å². The van der Waals surface area contributed by atoms with Crippen LogP contribution < -0.4 is 5.32 Å². The van der Waals surface area contributed by atoms with Gasteiger partial charge in [-0.15, -0.1) is 0 Å². The Morgan fingerprint density at radius 3 is 2.59 bits per heavy atom. The van der Waals surface area contributed by atoms with Crippen LogP contribution in [0.1, 0.15) is 10.4 Å². The average molecular weight is 542 g/mol. The number of anilines is 1. The van der Waals surface area contributed by atoms with Gasteiger partial charge in [0.1, 0.15) is 22.8 Å². The number of aromatic amines is 2. The van der Waals surface area contributed by atoms with Crippen molar-refractivity contribution in [3.05, 3.63) is 109 Å². The number of imidazole rings is 1. The molecule has 0 aliphatic carbocycles. The lowest BCUT2D eigenvalue weighted by Gasteiger charge is -2.08. The van der Waals surface area contributed by atoms with E-state index in [4.69, 9.17) is 4.98 Å². The van der Waals surface area contributed by atoms with Gasteiger partial charge in [0, 0.05) is 40.5 Å². The number of aromatic hydroxyl groups is 1. The molecule has 4 heterocycles. The van der Waals surface area contributed by atoms with Gasteiger partial charge in [0.15, 0.2) is 5.82 Å². The number of fused-ring (bicyclic) bond motifs is 2. The summed E-state index contributed by atoms with van der Waals surface area (Å²) in [5.41, 5.74) is 6.26. The molecule has 3 aromatic carbocycles. The third-order valence-electron chi connectivity index (χ3n) is 6.71. The van der Waals surface area contributed by atoms with E-state index in [0.29, 0.717) is 45.1 Å². The van der Waals surface area contributed by atoms with Crippen LogP contribution in [-0.4, -0.2) is 41.1 Å². The van der Waals surface area contributed by atoms with Crippen molar-refractivity contribution in [1.82, 2.24) is 30.1 Å². The summed E-state index contributed by atoms with van der Waals surface area (Å²) in [6.07, 6.45) is 4.93. The summed E-state index contributed by atoms with van der Waals surface area (Å²) in [4.78, 5) is 29.4. The maximum absolute atomic E-state index is 14.0. The number of carbonyl (C=O) groups is 1. The summed E-state index contributed by atoms with van der Waals surface area (Å²) >= 11 is 0. The molecule has 7 rings (SSSR count). The van der Waals surface area contributed by atoms with E-state index in [0.717, 1.165) is 28.1 Å². The molecule has 4 aromatic heterocycles. The van der Waals surface area contributed by atoms with Gasteiger partial charge in [0.05, 0.1) is 28.6 Å². The van der Waals surface area contributed by atoms with E-state index in [2.05, 4.69) is 30.5 Å². The number of halogens is 1. The maximum atomic E-state index is 14.0. The number of hydrogen-bond acceptors (Lipinski definition) is 6. The molecule has 0 fully saturated rings. The highest BCUT2D eigenvalue weighted by Crippen LogP contribution is 2.33. The zero-order chi connectivity index (χ0) is 27.9. The summed E-state index contributed by atoms with van der Waals surface area (Å²) in [6, 6.07) is 22.2. The van der Waals surface area contributed by atoms with Crippen molar-refractivity contribution in [1.29, 1.82) is 0 Å². The number of nitrogens with one attached hydrogen (secondary N) is 3. The molecule has 7 aromatic rings. The molecule has 0 saturated carbocycles. The monoisotopic (exact) mass is 541 g/mol. The minimum absolute atomic E-state index is 0.196. The lowest BCUT2D eigenvalue weighted by atomic mass is 10.0. The molecule has 0 bridgehead atoms. The Morgan fingerprint density at radius 1 is 0.854 bits per heavy atom. The Bertz CT molecular complexity index is 2070. The number of H-pyrrole nitrogens is 2. The van der Waals surface area contributed by atoms with Crippen LogP contribution in [0.5, 0.6) is 5.75 Å². The van der Waals surface area contributed by atoms with Crippen LogP contribution in [0.3, 0.4) is 0 Å². The zero-order valence-electron chi connectivity index (χ0n) is 21.3. The predicted octanol–water partition coefficient (Wildman–Crippen LogP) is 6.33. The fourth-order valence-electron chi connectivity index (χ4n) is 4.80. The third kappa shape index (κ3) is 4.53. The smallest absolute Gasteiger partial charge is 0.255 e. The molecule has 198 valence electrons. The topological polar surface area (TPSA) is 132 Å². The fraction of sp³-hybridized carbons (Fsp3) is 0. The highest BCUT2D eigenvalue weighted by molar-refractivity contribution is 6.04. The zero-order valence-corrected chi connectivity index (χ0v) is 21.3. The number of phenols is 1. The molecule has 10 heteroatoms. The fourth-order valence-corrected chi connectivity index (χ4v) is 4.80. The first-order chi connectivity index (χ1) is 20.0. The highest BCUT2D eigenvalue weighted by atomic mass is 19.1. The van der Waals surface area contributed by atoms with E-state index in [1.165, 1.54) is 12.1 Å². The van der Waals surface area contributed by atoms with Crippen molar-refractivity contribution in [3.63, 3.8) is 0 Å². The molecule has 0 radical (unpaired) electrons. The summed E-state index contributed by atoms with van der Waals surface area (Å²) in [6.45, 7) is 0. The van der Waals surface area contributed by atoms with Crippen molar-refractivity contribution < 1.29 is 14.3 Å². The number of rotatable bonds is 5. The van der Waals surface area contributed by atoms with E-state index in [-0.39, 0.29) is 11.7 Å². The van der Waals surface area contributed by atoms with Crippen LogP contribution in [0.2, 0.25) is 0 Å². The predicted molar refractivity (Wildman–Crippen MR) is 154 cm³/mol. The van der Waals surface area contributed by atoms with Gasteiger partial charge < -0.3 is 15.4 Å². The standard InChI is InChI=1S/C31H20FN7O2/c32-21-10-19(12-23(40)14-21)27-29-26(8-9-34-27)36-30(37-29)28-24-13-18(6-7-25(24)38-39-28)20-11-22(16-33-15-20)35-31(41)17-4-2-1-3-5-17/h1-16,40H,(H,35,41)(H,36,37)(H,38,39). The summed E-state index contributed by atoms with van der Waals surface area (Å²) < 4.78 is 14.0. The van der Waals surface area contributed by atoms with Crippen LogP contribution in [0.25, 0.3) is 55.8 Å². The van der Waals surface area contributed by atoms with E-state index >= 15 is 0 Å². The minimum Gasteiger partial charge on any atom is -0.508 e. The maximum Gasteiger partial charge on any atom is 0.255 e. The summed E-state index contributed by atoms with van der Waals surface area (Å²) in [7, 11) is 0. The number of phenolic OH excluding ortho intramolecular Hbond substituents is 1. The van der Waals surface area contributed by atoms with E-state index in [1.807, 2.05) is 42.5 Å². The quantitative estimate of drug-likeness (QED) is 0.201. The first-order valence-electron chi connectivity index (χ1n) is 12.7. The average Bonchev–Trinajstić information content (AvgIpc) is 3.61. The van der Waals surface area contributed by atoms with Crippen LogP contribution in [0.4, 0.5) is 10.1 Å². The number of pyridine rings is 2. The van der Waals surface area contributed by atoms with Gasteiger partial charge in [-0.1, -0.05) is 24.3 Å².